The zero-order valence-corrected chi connectivity index (χ0v) is 15.7. The van der Waals surface area contributed by atoms with Gasteiger partial charge in [0.1, 0.15) is 5.69 Å². The van der Waals surface area contributed by atoms with Gasteiger partial charge in [0.25, 0.3) is 5.91 Å². The number of fused-ring (bicyclic) bond motifs is 1. The van der Waals surface area contributed by atoms with E-state index in [1.807, 2.05) is 32.4 Å². The van der Waals surface area contributed by atoms with Crippen molar-refractivity contribution in [3.05, 3.63) is 45.5 Å². The third-order valence-electron chi connectivity index (χ3n) is 4.11. The molecule has 6 heteroatoms. The van der Waals surface area contributed by atoms with Gasteiger partial charge in [-0.25, -0.2) is 0 Å². The molecule has 0 radical (unpaired) electrons. The van der Waals surface area contributed by atoms with Gasteiger partial charge in [-0.1, -0.05) is 23.5 Å². The minimum Gasteiger partial charge on any atom is -0.319 e. The van der Waals surface area contributed by atoms with Gasteiger partial charge >= 0.3 is 0 Å². The summed E-state index contributed by atoms with van der Waals surface area (Å²) < 4.78 is 4.92. The molecule has 0 aliphatic carbocycles. The first-order valence-corrected chi connectivity index (χ1v) is 8.82. The van der Waals surface area contributed by atoms with Crippen molar-refractivity contribution in [2.45, 2.75) is 40.7 Å². The standard InChI is InChI=1S/C18H22N4OS/c1-10(2)22-14(9-13(5)20-22)17(23)19-18-21(6)15-11(3)7-8-12(4)16(15)24-18/h7-10H,1-6H3. The first kappa shape index (κ1) is 16.6. The van der Waals surface area contributed by atoms with E-state index in [-0.39, 0.29) is 11.9 Å². The Morgan fingerprint density at radius 3 is 2.50 bits per heavy atom. The topological polar surface area (TPSA) is 52.2 Å². The lowest BCUT2D eigenvalue weighted by molar-refractivity contribution is 0.0986. The summed E-state index contributed by atoms with van der Waals surface area (Å²) in [6.45, 7) is 10.1. The van der Waals surface area contributed by atoms with E-state index in [1.165, 1.54) is 15.8 Å². The van der Waals surface area contributed by atoms with Gasteiger partial charge in [-0.3, -0.25) is 9.48 Å². The molecule has 0 bridgehead atoms. The fraction of sp³-hybridized carbons (Fsp3) is 0.389. The molecule has 0 aliphatic heterocycles. The summed E-state index contributed by atoms with van der Waals surface area (Å²) in [6, 6.07) is 6.13. The number of thiazole rings is 1. The lowest BCUT2D eigenvalue weighted by Gasteiger charge is -2.07. The van der Waals surface area contributed by atoms with Gasteiger partial charge in [-0.2, -0.15) is 10.1 Å². The van der Waals surface area contributed by atoms with Crippen LogP contribution in [0.4, 0.5) is 0 Å². The van der Waals surface area contributed by atoms with Gasteiger partial charge in [0.05, 0.1) is 15.9 Å². The fourth-order valence-corrected chi connectivity index (χ4v) is 4.05. The van der Waals surface area contributed by atoms with Crippen LogP contribution < -0.4 is 4.80 Å². The van der Waals surface area contributed by atoms with Crippen LogP contribution >= 0.6 is 11.3 Å². The van der Waals surface area contributed by atoms with Crippen molar-refractivity contribution in [2.24, 2.45) is 12.0 Å². The molecule has 0 saturated heterocycles. The monoisotopic (exact) mass is 342 g/mol. The van der Waals surface area contributed by atoms with Crippen LogP contribution in [0.1, 0.15) is 47.2 Å². The summed E-state index contributed by atoms with van der Waals surface area (Å²) in [5.74, 6) is -0.248. The highest BCUT2D eigenvalue weighted by atomic mass is 32.1. The molecule has 0 aliphatic rings. The second kappa shape index (κ2) is 6.02. The SMILES string of the molecule is Cc1cc(C(=O)N=c2sc3c(C)ccc(C)c3n2C)n(C(C)C)n1. The molecule has 126 valence electrons. The van der Waals surface area contributed by atoms with Crippen molar-refractivity contribution in [3.63, 3.8) is 0 Å². The number of carbonyl (C=O) groups excluding carboxylic acids is 1. The van der Waals surface area contributed by atoms with Gasteiger partial charge in [-0.15, -0.1) is 0 Å². The van der Waals surface area contributed by atoms with Gasteiger partial charge < -0.3 is 4.57 Å². The third-order valence-corrected chi connectivity index (χ3v) is 5.38. The molecule has 3 rings (SSSR count). The van der Waals surface area contributed by atoms with Crippen molar-refractivity contribution in [1.82, 2.24) is 14.3 Å². The zero-order valence-electron chi connectivity index (χ0n) is 14.9. The Hall–Kier alpha value is -2.21. The molecule has 3 aromatic rings. The van der Waals surface area contributed by atoms with E-state index in [9.17, 15) is 4.79 Å². The normalized spacial score (nSPS) is 12.5. The second-order valence-electron chi connectivity index (χ2n) is 6.45. The quantitative estimate of drug-likeness (QED) is 0.713. The number of carbonyl (C=O) groups is 1. The number of aryl methyl sites for hydroxylation is 4. The first-order chi connectivity index (χ1) is 11.3. The Labute approximate surface area is 145 Å². The van der Waals surface area contributed by atoms with E-state index in [0.29, 0.717) is 10.5 Å². The maximum Gasteiger partial charge on any atom is 0.297 e. The molecule has 0 unspecified atom stereocenters. The fourth-order valence-electron chi connectivity index (χ4n) is 2.88. The number of amides is 1. The number of rotatable bonds is 2. The zero-order chi connectivity index (χ0) is 17.6. The largest absolute Gasteiger partial charge is 0.319 e. The van der Waals surface area contributed by atoms with E-state index < -0.39 is 0 Å². The predicted octanol–water partition coefficient (Wildman–Crippen LogP) is 3.68. The van der Waals surface area contributed by atoms with Crippen LogP contribution in [0, 0.1) is 20.8 Å². The molecule has 1 amide bonds. The lowest BCUT2D eigenvalue weighted by Crippen LogP contribution is -2.17. The number of benzene rings is 1. The van der Waals surface area contributed by atoms with E-state index in [2.05, 4.69) is 36.1 Å². The summed E-state index contributed by atoms with van der Waals surface area (Å²) in [4.78, 5) is 17.8. The highest BCUT2D eigenvalue weighted by Gasteiger charge is 2.16. The molecule has 0 saturated carbocycles. The van der Waals surface area contributed by atoms with Crippen molar-refractivity contribution in [2.75, 3.05) is 0 Å². The van der Waals surface area contributed by atoms with Crippen molar-refractivity contribution < 1.29 is 4.79 Å². The summed E-state index contributed by atoms with van der Waals surface area (Å²) in [6.07, 6.45) is 0. The molecule has 5 nitrogen and oxygen atoms in total. The van der Waals surface area contributed by atoms with Crippen molar-refractivity contribution in [1.29, 1.82) is 0 Å². The van der Waals surface area contributed by atoms with E-state index in [4.69, 9.17) is 0 Å². The first-order valence-electron chi connectivity index (χ1n) is 8.00. The van der Waals surface area contributed by atoms with E-state index >= 15 is 0 Å². The van der Waals surface area contributed by atoms with Crippen LogP contribution in [0.2, 0.25) is 0 Å². The smallest absolute Gasteiger partial charge is 0.297 e. The Balaban J connectivity index is 2.18. The molecule has 0 atom stereocenters. The second-order valence-corrected chi connectivity index (χ2v) is 7.42. The average molecular weight is 342 g/mol. The summed E-state index contributed by atoms with van der Waals surface area (Å²) in [5, 5.41) is 4.40. The summed E-state index contributed by atoms with van der Waals surface area (Å²) >= 11 is 1.55. The minimum absolute atomic E-state index is 0.119. The molecule has 0 spiro atoms. The predicted molar refractivity (Wildman–Crippen MR) is 97.5 cm³/mol. The van der Waals surface area contributed by atoms with Gasteiger partial charge in [0.2, 0.25) is 0 Å². The number of nitrogens with zero attached hydrogens (tertiary/aromatic N) is 4. The molecular weight excluding hydrogens is 320 g/mol. The van der Waals surface area contributed by atoms with Gasteiger partial charge in [0.15, 0.2) is 4.80 Å². The van der Waals surface area contributed by atoms with E-state index in [1.54, 1.807) is 22.1 Å². The lowest BCUT2D eigenvalue weighted by atomic mass is 10.1. The number of aromatic nitrogens is 3. The van der Waals surface area contributed by atoms with Crippen molar-refractivity contribution in [3.8, 4) is 0 Å². The van der Waals surface area contributed by atoms with Crippen LogP contribution in [0.3, 0.4) is 0 Å². The van der Waals surface area contributed by atoms with Crippen LogP contribution in [0.15, 0.2) is 23.2 Å². The van der Waals surface area contributed by atoms with E-state index in [0.717, 1.165) is 11.2 Å². The Bertz CT molecular complexity index is 1000. The maximum absolute atomic E-state index is 12.7. The van der Waals surface area contributed by atoms with Gasteiger partial charge in [-0.05, 0) is 51.8 Å². The van der Waals surface area contributed by atoms with Crippen LogP contribution in [-0.4, -0.2) is 20.3 Å². The van der Waals surface area contributed by atoms with Crippen LogP contribution in [-0.2, 0) is 7.05 Å². The molecule has 2 heterocycles. The minimum atomic E-state index is -0.248. The Morgan fingerprint density at radius 2 is 1.88 bits per heavy atom. The Morgan fingerprint density at radius 1 is 1.21 bits per heavy atom. The highest BCUT2D eigenvalue weighted by molar-refractivity contribution is 7.16. The molecule has 2 aromatic heterocycles. The Kier molecular flexibility index (Phi) is 4.17. The molecule has 24 heavy (non-hydrogen) atoms. The molecule has 1 aromatic carbocycles. The van der Waals surface area contributed by atoms with Crippen molar-refractivity contribution >= 4 is 27.5 Å². The summed E-state index contributed by atoms with van der Waals surface area (Å²) in [5.41, 5.74) is 4.89. The van der Waals surface area contributed by atoms with Gasteiger partial charge in [0, 0.05) is 13.1 Å². The summed E-state index contributed by atoms with van der Waals surface area (Å²) in [7, 11) is 1.96. The number of hydrogen-bond acceptors (Lipinski definition) is 3. The number of hydrogen-bond donors (Lipinski definition) is 0. The molecule has 0 N–H and O–H groups in total. The third kappa shape index (κ3) is 2.71. The highest BCUT2D eigenvalue weighted by Crippen LogP contribution is 2.24. The average Bonchev–Trinajstić information content (AvgIpc) is 3.06. The maximum atomic E-state index is 12.7. The van der Waals surface area contributed by atoms with Crippen LogP contribution in [0.5, 0.6) is 0 Å². The molecular formula is C18H22N4OS. The van der Waals surface area contributed by atoms with Crippen LogP contribution in [0.25, 0.3) is 10.2 Å². The molecule has 0 fully saturated rings.